The molecule has 1 aliphatic heterocycles. The van der Waals surface area contributed by atoms with Crippen LogP contribution in [-0.2, 0) is 11.2 Å². The van der Waals surface area contributed by atoms with E-state index in [2.05, 4.69) is 0 Å². The molecule has 20 heavy (non-hydrogen) atoms. The van der Waals surface area contributed by atoms with E-state index in [1.54, 1.807) is 12.1 Å². The van der Waals surface area contributed by atoms with Crippen molar-refractivity contribution >= 4 is 17.2 Å². The van der Waals surface area contributed by atoms with Gasteiger partial charge in [0.25, 0.3) is 0 Å². The molecular formula is C16H15FN2O. The van der Waals surface area contributed by atoms with Crippen molar-refractivity contribution in [3.63, 3.8) is 0 Å². The Balaban J connectivity index is 2.09. The summed E-state index contributed by atoms with van der Waals surface area (Å²) in [6.45, 7) is 0.404. The number of hydrogen-bond acceptors (Lipinski definition) is 3. The first-order valence-electron chi connectivity index (χ1n) is 6.54. The van der Waals surface area contributed by atoms with Gasteiger partial charge in [0.05, 0.1) is 6.04 Å². The molecule has 0 unspecified atom stereocenters. The van der Waals surface area contributed by atoms with Crippen LogP contribution in [0.2, 0.25) is 0 Å². The molecule has 1 aliphatic rings. The molecule has 2 aromatic rings. The predicted octanol–water partition coefficient (Wildman–Crippen LogP) is 2.42. The highest BCUT2D eigenvalue weighted by Crippen LogP contribution is 2.31. The van der Waals surface area contributed by atoms with Crippen molar-refractivity contribution in [3.05, 3.63) is 59.9 Å². The summed E-state index contributed by atoms with van der Waals surface area (Å²) in [5.74, 6) is -0.251. The summed E-state index contributed by atoms with van der Waals surface area (Å²) < 4.78 is 13.1. The average Bonchev–Trinajstić information content (AvgIpc) is 2.58. The molecule has 0 aliphatic carbocycles. The number of halogens is 1. The van der Waals surface area contributed by atoms with Gasteiger partial charge in [-0.05, 0) is 35.9 Å². The number of Topliss-reactive ketones (excluding diaryl/α,β-unsaturated/α-hetero) is 1. The molecule has 2 N–H and O–H groups in total. The summed E-state index contributed by atoms with van der Waals surface area (Å²) in [6.07, 6.45) is 0.342. The first-order valence-corrected chi connectivity index (χ1v) is 6.54. The van der Waals surface area contributed by atoms with Crippen molar-refractivity contribution in [1.29, 1.82) is 0 Å². The number of nitrogens with zero attached hydrogens (tertiary/aromatic N) is 1. The van der Waals surface area contributed by atoms with Gasteiger partial charge >= 0.3 is 0 Å². The second-order valence-electron chi connectivity index (χ2n) is 4.97. The molecule has 3 nitrogen and oxygen atoms in total. The van der Waals surface area contributed by atoms with Crippen LogP contribution < -0.4 is 10.6 Å². The van der Waals surface area contributed by atoms with Crippen molar-refractivity contribution in [1.82, 2.24) is 0 Å². The van der Waals surface area contributed by atoms with Gasteiger partial charge in [-0.3, -0.25) is 4.79 Å². The van der Waals surface area contributed by atoms with Gasteiger partial charge in [0.15, 0.2) is 5.78 Å². The Bertz CT molecular complexity index is 639. The van der Waals surface area contributed by atoms with E-state index < -0.39 is 6.04 Å². The minimum atomic E-state index is -0.535. The molecule has 0 spiro atoms. The Hall–Kier alpha value is -2.20. The summed E-state index contributed by atoms with van der Waals surface area (Å²) in [5, 5.41) is 0. The van der Waals surface area contributed by atoms with Gasteiger partial charge in [0.1, 0.15) is 5.82 Å². The van der Waals surface area contributed by atoms with Crippen LogP contribution in [0.25, 0.3) is 0 Å². The van der Waals surface area contributed by atoms with E-state index in [4.69, 9.17) is 5.73 Å². The number of fused-ring (bicyclic) bond motifs is 1. The zero-order chi connectivity index (χ0) is 14.1. The molecule has 1 heterocycles. The quantitative estimate of drug-likeness (QED) is 0.865. The first kappa shape index (κ1) is 12.8. The zero-order valence-electron chi connectivity index (χ0n) is 10.9. The minimum absolute atomic E-state index is 0.0297. The first-order chi connectivity index (χ1) is 9.65. The topological polar surface area (TPSA) is 46.3 Å². The highest BCUT2D eigenvalue weighted by Gasteiger charge is 2.26. The van der Waals surface area contributed by atoms with Crippen LogP contribution in [0.4, 0.5) is 15.8 Å². The molecule has 0 fully saturated rings. The standard InChI is InChI=1S/C16H15FN2O/c17-12-5-7-13(8-6-12)19-10-14(18)16(20)9-11-3-1-2-4-15(11)19/h1-8,14H,9-10,18H2/t14-/m0/s1. The zero-order valence-corrected chi connectivity index (χ0v) is 10.9. The second-order valence-corrected chi connectivity index (χ2v) is 4.97. The third kappa shape index (κ3) is 2.30. The lowest BCUT2D eigenvalue weighted by molar-refractivity contribution is -0.119. The normalized spacial score (nSPS) is 18.6. The number of anilines is 2. The molecule has 1 atom stereocenters. The molecule has 0 aromatic heterocycles. The van der Waals surface area contributed by atoms with E-state index in [0.29, 0.717) is 13.0 Å². The number of benzene rings is 2. The van der Waals surface area contributed by atoms with Crippen LogP contribution in [0.3, 0.4) is 0 Å². The molecule has 4 heteroatoms. The molecule has 0 bridgehead atoms. The minimum Gasteiger partial charge on any atom is -0.339 e. The fraction of sp³-hybridized carbons (Fsp3) is 0.188. The SMILES string of the molecule is N[C@H]1CN(c2ccc(F)cc2)c2ccccc2CC1=O. The fourth-order valence-electron chi connectivity index (χ4n) is 2.50. The van der Waals surface area contributed by atoms with Gasteiger partial charge in [0.2, 0.25) is 0 Å². The number of carbonyl (C=O) groups excluding carboxylic acids is 1. The highest BCUT2D eigenvalue weighted by atomic mass is 19.1. The molecule has 2 aromatic carbocycles. The van der Waals surface area contributed by atoms with E-state index in [1.165, 1.54) is 12.1 Å². The lowest BCUT2D eigenvalue weighted by Crippen LogP contribution is -2.39. The second kappa shape index (κ2) is 5.06. The van der Waals surface area contributed by atoms with Crippen LogP contribution in [0.1, 0.15) is 5.56 Å². The molecule has 102 valence electrons. The van der Waals surface area contributed by atoms with Crippen molar-refractivity contribution in [2.75, 3.05) is 11.4 Å². The van der Waals surface area contributed by atoms with Gasteiger partial charge in [-0.2, -0.15) is 0 Å². The third-order valence-electron chi connectivity index (χ3n) is 3.58. The van der Waals surface area contributed by atoms with E-state index in [0.717, 1.165) is 16.9 Å². The Morgan fingerprint density at radius 3 is 2.55 bits per heavy atom. The van der Waals surface area contributed by atoms with Crippen molar-refractivity contribution in [2.45, 2.75) is 12.5 Å². The molecule has 0 saturated heterocycles. The number of nitrogens with two attached hydrogens (primary N) is 1. The fourth-order valence-corrected chi connectivity index (χ4v) is 2.50. The monoisotopic (exact) mass is 270 g/mol. The number of hydrogen-bond donors (Lipinski definition) is 1. The van der Waals surface area contributed by atoms with E-state index in [-0.39, 0.29) is 11.6 Å². The van der Waals surface area contributed by atoms with Gasteiger partial charge < -0.3 is 10.6 Å². The molecule has 0 radical (unpaired) electrons. The maximum absolute atomic E-state index is 13.1. The van der Waals surface area contributed by atoms with E-state index >= 15 is 0 Å². The van der Waals surface area contributed by atoms with E-state index in [1.807, 2.05) is 29.2 Å². The van der Waals surface area contributed by atoms with Crippen LogP contribution in [0.15, 0.2) is 48.5 Å². The molecule has 3 rings (SSSR count). The lowest BCUT2D eigenvalue weighted by Gasteiger charge is -2.26. The number of carbonyl (C=O) groups is 1. The Kier molecular flexibility index (Phi) is 3.24. The Morgan fingerprint density at radius 1 is 1.10 bits per heavy atom. The Morgan fingerprint density at radius 2 is 1.80 bits per heavy atom. The average molecular weight is 270 g/mol. The molecule has 0 saturated carbocycles. The van der Waals surface area contributed by atoms with Crippen LogP contribution in [0.5, 0.6) is 0 Å². The van der Waals surface area contributed by atoms with Crippen molar-refractivity contribution in [2.24, 2.45) is 5.73 Å². The smallest absolute Gasteiger partial charge is 0.155 e. The third-order valence-corrected chi connectivity index (χ3v) is 3.58. The van der Waals surface area contributed by atoms with Crippen LogP contribution >= 0.6 is 0 Å². The molecule has 0 amide bonds. The number of ketones is 1. The summed E-state index contributed by atoms with van der Waals surface area (Å²) in [7, 11) is 0. The number of para-hydroxylation sites is 1. The predicted molar refractivity (Wildman–Crippen MR) is 76.5 cm³/mol. The maximum Gasteiger partial charge on any atom is 0.155 e. The van der Waals surface area contributed by atoms with Gasteiger partial charge in [-0.1, -0.05) is 18.2 Å². The van der Waals surface area contributed by atoms with Gasteiger partial charge in [-0.15, -0.1) is 0 Å². The highest BCUT2D eigenvalue weighted by molar-refractivity contribution is 5.90. The van der Waals surface area contributed by atoms with E-state index in [9.17, 15) is 9.18 Å². The number of rotatable bonds is 1. The largest absolute Gasteiger partial charge is 0.339 e. The van der Waals surface area contributed by atoms with Gasteiger partial charge in [-0.25, -0.2) is 4.39 Å². The van der Waals surface area contributed by atoms with Crippen molar-refractivity contribution < 1.29 is 9.18 Å². The van der Waals surface area contributed by atoms with Crippen molar-refractivity contribution in [3.8, 4) is 0 Å². The Labute approximate surface area is 116 Å². The summed E-state index contributed by atoms with van der Waals surface area (Å²) >= 11 is 0. The summed E-state index contributed by atoms with van der Waals surface area (Å²) in [4.78, 5) is 14.0. The molecular weight excluding hydrogens is 255 g/mol. The summed E-state index contributed by atoms with van der Waals surface area (Å²) in [5.41, 5.74) is 8.70. The maximum atomic E-state index is 13.1. The van der Waals surface area contributed by atoms with Gasteiger partial charge in [0, 0.05) is 24.3 Å². The van der Waals surface area contributed by atoms with Crippen LogP contribution in [-0.4, -0.2) is 18.4 Å². The lowest BCUT2D eigenvalue weighted by atomic mass is 10.1. The van der Waals surface area contributed by atoms with Crippen LogP contribution in [0, 0.1) is 5.82 Å². The summed E-state index contributed by atoms with van der Waals surface area (Å²) in [6, 6.07) is 13.4.